The first kappa shape index (κ1) is 16.3. The molecule has 0 unspecified atom stereocenters. The van der Waals surface area contributed by atoms with E-state index < -0.39 is 0 Å². The first-order chi connectivity index (χ1) is 11.7. The van der Waals surface area contributed by atoms with Gasteiger partial charge in [-0.1, -0.05) is 52.0 Å². The average Bonchev–Trinajstić information content (AvgIpc) is 2.54. The van der Waals surface area contributed by atoms with Crippen molar-refractivity contribution in [2.75, 3.05) is 13.1 Å². The predicted molar refractivity (Wildman–Crippen MR) is 98.7 cm³/mol. The van der Waals surface area contributed by atoms with Crippen LogP contribution in [0.2, 0.25) is 0 Å². The second-order valence-electron chi connectivity index (χ2n) is 8.67. The van der Waals surface area contributed by atoms with Gasteiger partial charge in [-0.15, -0.1) is 0 Å². The van der Waals surface area contributed by atoms with Crippen molar-refractivity contribution in [3.8, 4) is 0 Å². The Labute approximate surface area is 148 Å². The number of amides is 2. The number of nitrogens with zero attached hydrogens (tertiary/aromatic N) is 1. The Balaban J connectivity index is 1.93. The Morgan fingerprint density at radius 3 is 1.84 bits per heavy atom. The fourth-order valence-corrected chi connectivity index (χ4v) is 4.94. The number of hydrogen-bond donors (Lipinski definition) is 1. The van der Waals surface area contributed by atoms with Gasteiger partial charge in [0.05, 0.1) is 6.04 Å². The summed E-state index contributed by atoms with van der Waals surface area (Å²) < 4.78 is 0. The van der Waals surface area contributed by atoms with Gasteiger partial charge in [-0.2, -0.15) is 0 Å². The first-order valence-corrected chi connectivity index (χ1v) is 8.84. The summed E-state index contributed by atoms with van der Waals surface area (Å²) in [4.78, 5) is 28.3. The van der Waals surface area contributed by atoms with Crippen molar-refractivity contribution < 1.29 is 9.59 Å². The van der Waals surface area contributed by atoms with Crippen molar-refractivity contribution in [2.24, 2.45) is 10.8 Å². The van der Waals surface area contributed by atoms with Gasteiger partial charge in [-0.3, -0.25) is 14.5 Å². The van der Waals surface area contributed by atoms with Crippen LogP contribution in [0.15, 0.2) is 36.4 Å². The van der Waals surface area contributed by atoms with Crippen molar-refractivity contribution in [3.63, 3.8) is 0 Å². The van der Waals surface area contributed by atoms with Crippen LogP contribution in [-0.2, 0) is 0 Å². The summed E-state index contributed by atoms with van der Waals surface area (Å²) in [7, 11) is 0. The molecule has 0 spiro atoms. The topological polar surface area (TPSA) is 49.4 Å². The highest BCUT2D eigenvalue weighted by Gasteiger charge is 2.52. The lowest BCUT2D eigenvalue weighted by atomic mass is 9.65. The molecule has 0 aliphatic carbocycles. The highest BCUT2D eigenvalue weighted by molar-refractivity contribution is 6.25. The number of piperidine rings is 1. The number of hydrogen-bond acceptors (Lipinski definition) is 3. The first-order valence-electron chi connectivity index (χ1n) is 8.84. The van der Waals surface area contributed by atoms with Crippen molar-refractivity contribution in [1.29, 1.82) is 0 Å². The molecule has 2 aromatic rings. The summed E-state index contributed by atoms with van der Waals surface area (Å²) in [6, 6.07) is 11.2. The Morgan fingerprint density at radius 1 is 0.880 bits per heavy atom. The largest absolute Gasteiger partial charge is 0.316 e. The molecule has 2 amide bonds. The molecule has 1 fully saturated rings. The fraction of sp³-hybridized carbons (Fsp3) is 0.429. The minimum Gasteiger partial charge on any atom is -0.316 e. The maximum Gasteiger partial charge on any atom is 0.261 e. The lowest BCUT2D eigenvalue weighted by molar-refractivity contribution is -0.0108. The van der Waals surface area contributed by atoms with Crippen LogP contribution in [0.1, 0.15) is 48.4 Å². The van der Waals surface area contributed by atoms with Crippen LogP contribution >= 0.6 is 0 Å². The molecule has 0 aromatic heterocycles. The van der Waals surface area contributed by atoms with E-state index >= 15 is 0 Å². The summed E-state index contributed by atoms with van der Waals surface area (Å²) in [5.74, 6) is -0.329. The van der Waals surface area contributed by atoms with Gasteiger partial charge in [-0.25, -0.2) is 0 Å². The normalized spacial score (nSPS) is 22.5. The minimum atomic E-state index is -0.201. The molecule has 0 bridgehead atoms. The standard InChI is InChI=1S/C21H24N2O2/c1-20(2)11-22-12-21(3,4)19(20)23-17(24)14-9-5-7-13-8-6-10-15(16(13)14)18(23)25/h5-10,19,22H,11-12H2,1-4H3. The third kappa shape index (κ3) is 2.24. The van der Waals surface area contributed by atoms with Crippen LogP contribution in [0.3, 0.4) is 0 Å². The van der Waals surface area contributed by atoms with Crippen LogP contribution in [0.25, 0.3) is 10.8 Å². The Bertz CT molecular complexity index is 831. The molecule has 0 atom stereocenters. The van der Waals surface area contributed by atoms with Gasteiger partial charge in [-0.05, 0) is 28.3 Å². The zero-order chi connectivity index (χ0) is 18.0. The quantitative estimate of drug-likeness (QED) is 0.812. The predicted octanol–water partition coefficient (Wildman–Crippen LogP) is 3.46. The second kappa shape index (κ2) is 5.15. The van der Waals surface area contributed by atoms with Gasteiger partial charge in [0.25, 0.3) is 11.8 Å². The number of imide groups is 1. The zero-order valence-electron chi connectivity index (χ0n) is 15.2. The van der Waals surface area contributed by atoms with Crippen molar-refractivity contribution >= 4 is 22.6 Å². The highest BCUT2D eigenvalue weighted by atomic mass is 16.2. The lowest BCUT2D eigenvalue weighted by Crippen LogP contribution is -2.66. The molecule has 4 nitrogen and oxygen atoms in total. The molecule has 0 radical (unpaired) electrons. The van der Waals surface area contributed by atoms with E-state index in [2.05, 4.69) is 33.0 Å². The molecule has 2 heterocycles. The van der Waals surface area contributed by atoms with E-state index in [1.807, 2.05) is 36.4 Å². The smallest absolute Gasteiger partial charge is 0.261 e. The number of benzene rings is 2. The Morgan fingerprint density at radius 2 is 1.36 bits per heavy atom. The molecule has 0 saturated carbocycles. The Kier molecular flexibility index (Phi) is 3.35. The van der Waals surface area contributed by atoms with Gasteiger partial charge in [0.1, 0.15) is 0 Å². The Hall–Kier alpha value is -2.20. The molecule has 2 aliphatic rings. The summed E-state index contributed by atoms with van der Waals surface area (Å²) in [5.41, 5.74) is 0.871. The number of nitrogens with one attached hydrogen (secondary N) is 1. The SMILES string of the molecule is CC1(C)CNCC(C)(C)C1N1C(=O)c2cccc3cccc(c23)C1=O. The molecular formula is C21H24N2O2. The number of carbonyl (C=O) groups is 2. The summed E-state index contributed by atoms with van der Waals surface area (Å²) in [5, 5.41) is 5.19. The van der Waals surface area contributed by atoms with E-state index in [-0.39, 0.29) is 28.7 Å². The van der Waals surface area contributed by atoms with E-state index in [9.17, 15) is 9.59 Å². The molecule has 4 rings (SSSR count). The average molecular weight is 336 g/mol. The summed E-state index contributed by atoms with van der Waals surface area (Å²) >= 11 is 0. The fourth-order valence-electron chi connectivity index (χ4n) is 4.94. The van der Waals surface area contributed by atoms with E-state index in [0.29, 0.717) is 11.1 Å². The second-order valence-corrected chi connectivity index (χ2v) is 8.67. The van der Waals surface area contributed by atoms with E-state index in [1.165, 1.54) is 4.90 Å². The third-order valence-corrected chi connectivity index (χ3v) is 5.70. The van der Waals surface area contributed by atoms with Gasteiger partial charge in [0.2, 0.25) is 0 Å². The molecule has 2 aromatic carbocycles. The highest BCUT2D eigenvalue weighted by Crippen LogP contribution is 2.43. The van der Waals surface area contributed by atoms with Crippen molar-refractivity contribution in [2.45, 2.75) is 33.7 Å². The van der Waals surface area contributed by atoms with Crippen LogP contribution in [-0.4, -0.2) is 35.8 Å². The van der Waals surface area contributed by atoms with Gasteiger partial charge in [0.15, 0.2) is 0 Å². The van der Waals surface area contributed by atoms with Crippen LogP contribution in [0.4, 0.5) is 0 Å². The number of carbonyl (C=O) groups excluding carboxylic acids is 2. The van der Waals surface area contributed by atoms with Crippen LogP contribution in [0.5, 0.6) is 0 Å². The molecular weight excluding hydrogens is 312 g/mol. The van der Waals surface area contributed by atoms with E-state index in [4.69, 9.17) is 0 Å². The lowest BCUT2D eigenvalue weighted by Gasteiger charge is -2.53. The van der Waals surface area contributed by atoms with Gasteiger partial charge < -0.3 is 5.32 Å². The molecule has 1 N–H and O–H groups in total. The van der Waals surface area contributed by atoms with Gasteiger partial charge in [0, 0.05) is 29.6 Å². The van der Waals surface area contributed by atoms with Crippen molar-refractivity contribution in [1.82, 2.24) is 10.2 Å². The molecule has 2 aliphatic heterocycles. The summed E-state index contributed by atoms with van der Waals surface area (Å²) in [6.07, 6.45) is 0. The van der Waals surface area contributed by atoms with Crippen LogP contribution in [0, 0.1) is 10.8 Å². The monoisotopic (exact) mass is 336 g/mol. The van der Waals surface area contributed by atoms with E-state index in [1.54, 1.807) is 0 Å². The molecule has 1 saturated heterocycles. The minimum absolute atomic E-state index is 0.162. The van der Waals surface area contributed by atoms with Gasteiger partial charge >= 0.3 is 0 Å². The molecule has 25 heavy (non-hydrogen) atoms. The third-order valence-electron chi connectivity index (χ3n) is 5.70. The summed E-state index contributed by atoms with van der Waals surface area (Å²) in [6.45, 7) is 10.1. The van der Waals surface area contributed by atoms with E-state index in [0.717, 1.165) is 23.9 Å². The van der Waals surface area contributed by atoms with Crippen LogP contribution < -0.4 is 5.32 Å². The number of rotatable bonds is 1. The molecule has 130 valence electrons. The maximum absolute atomic E-state index is 13.4. The zero-order valence-corrected chi connectivity index (χ0v) is 15.2. The van der Waals surface area contributed by atoms with Crippen molar-refractivity contribution in [3.05, 3.63) is 47.5 Å². The molecule has 4 heteroatoms. The maximum atomic E-state index is 13.4.